The van der Waals surface area contributed by atoms with Crippen LogP contribution in [0, 0.1) is 0 Å². The van der Waals surface area contributed by atoms with E-state index >= 15 is 0 Å². The first-order valence-corrected chi connectivity index (χ1v) is 9.41. The molecule has 1 saturated heterocycles. The van der Waals surface area contributed by atoms with Crippen LogP contribution in [-0.2, 0) is 15.3 Å². The molecular weight excluding hydrogens is 300 g/mol. The number of sulfone groups is 1. The van der Waals surface area contributed by atoms with E-state index in [-0.39, 0.29) is 28.3 Å². The molecule has 1 aromatic carbocycles. The highest BCUT2D eigenvalue weighted by molar-refractivity contribution is 7.90. The van der Waals surface area contributed by atoms with Gasteiger partial charge in [0.05, 0.1) is 11.9 Å². The van der Waals surface area contributed by atoms with Gasteiger partial charge in [0.1, 0.15) is 4.90 Å². The van der Waals surface area contributed by atoms with Crippen LogP contribution in [0.5, 0.6) is 5.75 Å². The smallest absolute Gasteiger partial charge is 0.179 e. The third kappa shape index (κ3) is 3.08. The van der Waals surface area contributed by atoms with Gasteiger partial charge in [0.2, 0.25) is 0 Å². The molecule has 1 fully saturated rings. The van der Waals surface area contributed by atoms with Gasteiger partial charge in [-0.2, -0.15) is 0 Å². The first-order valence-electron chi connectivity index (χ1n) is 7.52. The van der Waals surface area contributed by atoms with Crippen molar-refractivity contribution in [1.29, 1.82) is 0 Å². The normalized spacial score (nSPS) is 23.1. The molecule has 0 bridgehead atoms. The molecule has 0 amide bonds. The van der Waals surface area contributed by atoms with Crippen LogP contribution in [0.2, 0.25) is 0 Å². The van der Waals surface area contributed by atoms with Crippen molar-refractivity contribution in [2.75, 3.05) is 17.7 Å². The topological polar surface area (TPSA) is 69.6 Å². The Morgan fingerprint density at radius 2 is 1.86 bits per heavy atom. The Morgan fingerprint density at radius 1 is 1.27 bits per heavy atom. The number of nitrogens with one attached hydrogen (secondary N) is 1. The van der Waals surface area contributed by atoms with E-state index in [1.165, 1.54) is 0 Å². The standard InChI is InChI=1S/C16H26N2O3S/c1-10-9-17-11(2)18(10)13-7-12(16(3,4)5)8-14(15(13)19)22(6,20)21/h7-8,10-11,17,19H,9H2,1-6H3. The second kappa shape index (κ2) is 5.42. The predicted octanol–water partition coefficient (Wildman–Crippen LogP) is 2.24. The van der Waals surface area contributed by atoms with Crippen LogP contribution in [0.15, 0.2) is 17.0 Å². The molecule has 0 spiro atoms. The van der Waals surface area contributed by atoms with Crippen molar-refractivity contribution in [2.24, 2.45) is 0 Å². The minimum Gasteiger partial charge on any atom is -0.504 e. The zero-order valence-electron chi connectivity index (χ0n) is 14.1. The molecule has 0 radical (unpaired) electrons. The van der Waals surface area contributed by atoms with Gasteiger partial charge in [0.25, 0.3) is 0 Å². The fraction of sp³-hybridized carbons (Fsp3) is 0.625. The lowest BCUT2D eigenvalue weighted by molar-refractivity contribution is 0.453. The molecule has 0 aliphatic carbocycles. The number of nitrogens with zero attached hydrogens (tertiary/aromatic N) is 1. The van der Waals surface area contributed by atoms with Gasteiger partial charge in [0.15, 0.2) is 15.6 Å². The lowest BCUT2D eigenvalue weighted by atomic mass is 9.86. The minimum atomic E-state index is -3.50. The van der Waals surface area contributed by atoms with E-state index in [1.54, 1.807) is 6.07 Å². The first-order chi connectivity index (χ1) is 9.93. The summed E-state index contributed by atoms with van der Waals surface area (Å²) in [6.07, 6.45) is 1.18. The molecule has 1 aliphatic heterocycles. The van der Waals surface area contributed by atoms with E-state index in [9.17, 15) is 13.5 Å². The van der Waals surface area contributed by atoms with Crippen LogP contribution in [0.4, 0.5) is 5.69 Å². The molecule has 5 nitrogen and oxygen atoms in total. The summed E-state index contributed by atoms with van der Waals surface area (Å²) in [7, 11) is -3.50. The van der Waals surface area contributed by atoms with Crippen LogP contribution in [-0.4, -0.2) is 38.5 Å². The van der Waals surface area contributed by atoms with E-state index < -0.39 is 9.84 Å². The molecule has 6 heteroatoms. The maximum absolute atomic E-state index is 12.1. The van der Waals surface area contributed by atoms with Crippen molar-refractivity contribution in [2.45, 2.75) is 57.1 Å². The fourth-order valence-corrected chi connectivity index (χ4v) is 3.67. The summed E-state index contributed by atoms with van der Waals surface area (Å²) in [5, 5.41) is 13.9. The van der Waals surface area contributed by atoms with Crippen molar-refractivity contribution in [3.63, 3.8) is 0 Å². The number of benzene rings is 1. The molecule has 2 unspecified atom stereocenters. The van der Waals surface area contributed by atoms with Crippen LogP contribution in [0.3, 0.4) is 0 Å². The SMILES string of the molecule is CC1CNC(C)N1c1cc(C(C)(C)C)cc(S(C)(=O)=O)c1O. The molecule has 2 rings (SSSR count). The van der Waals surface area contributed by atoms with Crippen LogP contribution in [0.25, 0.3) is 0 Å². The summed E-state index contributed by atoms with van der Waals surface area (Å²) < 4.78 is 24.1. The van der Waals surface area contributed by atoms with Gasteiger partial charge < -0.3 is 10.0 Å². The Morgan fingerprint density at radius 3 is 2.27 bits per heavy atom. The largest absolute Gasteiger partial charge is 0.504 e. The van der Waals surface area contributed by atoms with E-state index in [2.05, 4.69) is 12.2 Å². The molecule has 2 atom stereocenters. The summed E-state index contributed by atoms with van der Waals surface area (Å²) in [4.78, 5) is 2.04. The van der Waals surface area contributed by atoms with Crippen molar-refractivity contribution >= 4 is 15.5 Å². The van der Waals surface area contributed by atoms with E-state index in [0.717, 1.165) is 18.4 Å². The summed E-state index contributed by atoms with van der Waals surface area (Å²) in [6.45, 7) is 11.0. The maximum atomic E-state index is 12.1. The molecular formula is C16H26N2O3S. The minimum absolute atomic E-state index is 0.00113. The van der Waals surface area contributed by atoms with Crippen molar-refractivity contribution < 1.29 is 13.5 Å². The van der Waals surface area contributed by atoms with Crippen LogP contribution < -0.4 is 10.2 Å². The van der Waals surface area contributed by atoms with E-state index in [4.69, 9.17) is 0 Å². The monoisotopic (exact) mass is 326 g/mol. The molecule has 0 saturated carbocycles. The average Bonchev–Trinajstić information content (AvgIpc) is 2.67. The van der Waals surface area contributed by atoms with Gasteiger partial charge in [-0.15, -0.1) is 0 Å². The predicted molar refractivity (Wildman–Crippen MR) is 89.3 cm³/mol. The quantitative estimate of drug-likeness (QED) is 0.872. The zero-order valence-corrected chi connectivity index (χ0v) is 15.0. The summed E-state index contributed by atoms with van der Waals surface area (Å²) in [5.41, 5.74) is 1.27. The Hall–Kier alpha value is -1.27. The number of phenolic OH excluding ortho intramolecular Hbond substituents is 1. The lowest BCUT2D eigenvalue weighted by Crippen LogP contribution is -2.36. The van der Waals surface area contributed by atoms with Crippen LogP contribution in [0.1, 0.15) is 40.2 Å². The highest BCUT2D eigenvalue weighted by atomic mass is 32.2. The van der Waals surface area contributed by atoms with Crippen molar-refractivity contribution in [1.82, 2.24) is 5.32 Å². The number of anilines is 1. The first kappa shape index (κ1) is 17.1. The fourth-order valence-electron chi connectivity index (χ4n) is 2.87. The molecule has 2 N–H and O–H groups in total. The molecule has 1 heterocycles. The zero-order chi connectivity index (χ0) is 16.9. The molecule has 1 aliphatic rings. The van der Waals surface area contributed by atoms with E-state index in [1.807, 2.05) is 38.7 Å². The summed E-state index contributed by atoms with van der Waals surface area (Å²) >= 11 is 0. The molecule has 22 heavy (non-hydrogen) atoms. The number of phenols is 1. The lowest BCUT2D eigenvalue weighted by Gasteiger charge is -2.31. The van der Waals surface area contributed by atoms with Gasteiger partial charge in [-0.25, -0.2) is 8.42 Å². The third-order valence-electron chi connectivity index (χ3n) is 4.20. The van der Waals surface area contributed by atoms with Gasteiger partial charge in [-0.3, -0.25) is 5.32 Å². The average molecular weight is 326 g/mol. The van der Waals surface area contributed by atoms with Gasteiger partial charge in [-0.05, 0) is 37.0 Å². The number of hydrogen-bond donors (Lipinski definition) is 2. The number of hydrogen-bond acceptors (Lipinski definition) is 5. The van der Waals surface area contributed by atoms with Crippen molar-refractivity contribution in [3.05, 3.63) is 17.7 Å². The highest BCUT2D eigenvalue weighted by Gasteiger charge is 2.32. The third-order valence-corrected chi connectivity index (χ3v) is 5.31. The molecule has 1 aromatic rings. The van der Waals surface area contributed by atoms with Crippen molar-refractivity contribution in [3.8, 4) is 5.75 Å². The second-order valence-electron chi connectivity index (χ2n) is 7.20. The maximum Gasteiger partial charge on any atom is 0.179 e. The van der Waals surface area contributed by atoms with Gasteiger partial charge >= 0.3 is 0 Å². The summed E-state index contributed by atoms with van der Waals surface area (Å²) in [6, 6.07) is 3.68. The number of rotatable bonds is 2. The molecule has 124 valence electrons. The summed E-state index contributed by atoms with van der Waals surface area (Å²) in [5.74, 6) is -0.155. The van der Waals surface area contributed by atoms with Gasteiger partial charge in [-0.1, -0.05) is 20.8 Å². The Kier molecular flexibility index (Phi) is 4.21. The highest BCUT2D eigenvalue weighted by Crippen LogP contribution is 2.40. The Balaban J connectivity index is 2.73. The van der Waals surface area contributed by atoms with Gasteiger partial charge in [0, 0.05) is 18.8 Å². The second-order valence-corrected chi connectivity index (χ2v) is 9.19. The number of aromatic hydroxyl groups is 1. The van der Waals surface area contributed by atoms with E-state index in [0.29, 0.717) is 5.69 Å². The van der Waals surface area contributed by atoms with Crippen LogP contribution >= 0.6 is 0 Å². The Bertz CT molecular complexity index is 667. The molecule has 0 aromatic heterocycles. The Labute approximate surface area is 133 Å².